The lowest BCUT2D eigenvalue weighted by Crippen LogP contribution is -2.12. The fraction of sp³-hybridized carbons (Fsp3) is 0.231. The maximum atomic E-state index is 2.27. The van der Waals surface area contributed by atoms with Crippen LogP contribution in [0.15, 0.2) is 36.4 Å². The lowest BCUT2D eigenvalue weighted by molar-refractivity contribution is 1.16. The number of benzene rings is 2. The van der Waals surface area contributed by atoms with E-state index in [-0.39, 0.29) is 0 Å². The maximum Gasteiger partial charge on any atom is 0.155 e. The zero-order valence-electron chi connectivity index (χ0n) is 8.88. The SMILES string of the molecule is CBc1ccc(CC)c2ccccc12. The van der Waals surface area contributed by atoms with Crippen molar-refractivity contribution in [1.29, 1.82) is 0 Å². The van der Waals surface area contributed by atoms with Gasteiger partial charge in [0.05, 0.1) is 0 Å². The van der Waals surface area contributed by atoms with Crippen molar-refractivity contribution in [2.75, 3.05) is 0 Å². The van der Waals surface area contributed by atoms with Crippen molar-refractivity contribution >= 4 is 23.5 Å². The Balaban J connectivity index is 2.78. The van der Waals surface area contributed by atoms with Crippen LogP contribution in [0.4, 0.5) is 0 Å². The fourth-order valence-electron chi connectivity index (χ4n) is 2.04. The van der Waals surface area contributed by atoms with Gasteiger partial charge in [0.1, 0.15) is 0 Å². The third-order valence-corrected chi connectivity index (χ3v) is 2.87. The van der Waals surface area contributed by atoms with E-state index in [2.05, 4.69) is 50.1 Å². The summed E-state index contributed by atoms with van der Waals surface area (Å²) in [4.78, 5) is 0. The van der Waals surface area contributed by atoms with E-state index in [4.69, 9.17) is 0 Å². The Labute approximate surface area is 86.2 Å². The first-order valence-corrected chi connectivity index (χ1v) is 5.36. The van der Waals surface area contributed by atoms with Gasteiger partial charge in [-0.05, 0) is 22.8 Å². The van der Waals surface area contributed by atoms with E-state index >= 15 is 0 Å². The molecule has 0 amide bonds. The monoisotopic (exact) mass is 182 g/mol. The van der Waals surface area contributed by atoms with Crippen molar-refractivity contribution in [1.82, 2.24) is 0 Å². The number of rotatable bonds is 2. The molecule has 2 aromatic carbocycles. The Hall–Kier alpha value is -1.24. The summed E-state index contributed by atoms with van der Waals surface area (Å²) in [5.74, 6) is 0. The highest BCUT2D eigenvalue weighted by Crippen LogP contribution is 2.17. The van der Waals surface area contributed by atoms with Gasteiger partial charge in [-0.25, -0.2) is 0 Å². The fourth-order valence-corrected chi connectivity index (χ4v) is 2.04. The van der Waals surface area contributed by atoms with E-state index in [0.717, 1.165) is 13.7 Å². The highest BCUT2D eigenvalue weighted by molar-refractivity contribution is 6.55. The number of hydrogen-bond donors (Lipinski definition) is 0. The third kappa shape index (κ3) is 1.43. The minimum Gasteiger partial charge on any atom is -0.0849 e. The molecule has 70 valence electrons. The van der Waals surface area contributed by atoms with Gasteiger partial charge in [0, 0.05) is 0 Å². The zero-order valence-corrected chi connectivity index (χ0v) is 8.88. The third-order valence-electron chi connectivity index (χ3n) is 2.87. The van der Waals surface area contributed by atoms with Gasteiger partial charge in [-0.1, -0.05) is 55.6 Å². The van der Waals surface area contributed by atoms with Crippen LogP contribution in [-0.4, -0.2) is 7.28 Å². The predicted molar refractivity (Wildman–Crippen MR) is 66.0 cm³/mol. The topological polar surface area (TPSA) is 0 Å². The molecule has 0 bridgehead atoms. The maximum absolute atomic E-state index is 2.27. The van der Waals surface area contributed by atoms with Gasteiger partial charge in [0.25, 0.3) is 0 Å². The van der Waals surface area contributed by atoms with Gasteiger partial charge in [0.15, 0.2) is 7.28 Å². The van der Waals surface area contributed by atoms with E-state index in [0.29, 0.717) is 0 Å². The largest absolute Gasteiger partial charge is 0.155 e. The van der Waals surface area contributed by atoms with Gasteiger partial charge in [-0.3, -0.25) is 0 Å². The van der Waals surface area contributed by atoms with Crippen LogP contribution in [0.5, 0.6) is 0 Å². The van der Waals surface area contributed by atoms with Crippen LogP contribution >= 0.6 is 0 Å². The van der Waals surface area contributed by atoms with Crippen LogP contribution in [0.25, 0.3) is 10.8 Å². The second-order valence-electron chi connectivity index (χ2n) is 3.64. The summed E-state index contributed by atoms with van der Waals surface area (Å²) < 4.78 is 0. The standard InChI is InChI=1S/C13H15B/c1-3-10-8-9-13(14-2)12-7-5-4-6-11(10)12/h4-9,14H,3H2,1-2H3. The van der Waals surface area contributed by atoms with E-state index in [9.17, 15) is 0 Å². The molecule has 0 heterocycles. The van der Waals surface area contributed by atoms with Crippen LogP contribution in [0.1, 0.15) is 12.5 Å². The first-order valence-electron chi connectivity index (χ1n) is 5.36. The van der Waals surface area contributed by atoms with Gasteiger partial charge >= 0.3 is 0 Å². The molecule has 2 aromatic rings. The number of aryl methyl sites for hydroxylation is 1. The smallest absolute Gasteiger partial charge is 0.0849 e. The van der Waals surface area contributed by atoms with Crippen molar-refractivity contribution in [2.24, 2.45) is 0 Å². The average molecular weight is 182 g/mol. The van der Waals surface area contributed by atoms with E-state index < -0.39 is 0 Å². The summed E-state index contributed by atoms with van der Waals surface area (Å²) in [5, 5.41) is 2.85. The highest BCUT2D eigenvalue weighted by atomic mass is 14.0. The van der Waals surface area contributed by atoms with Crippen LogP contribution in [-0.2, 0) is 6.42 Å². The second-order valence-corrected chi connectivity index (χ2v) is 3.64. The molecule has 0 spiro atoms. The molecule has 0 aliphatic heterocycles. The average Bonchev–Trinajstić information content (AvgIpc) is 2.27. The molecular formula is C13H15B. The van der Waals surface area contributed by atoms with Crippen LogP contribution in [0.2, 0.25) is 6.82 Å². The van der Waals surface area contributed by atoms with Gasteiger partial charge < -0.3 is 0 Å². The van der Waals surface area contributed by atoms with E-state index in [1.165, 1.54) is 21.8 Å². The number of hydrogen-bond acceptors (Lipinski definition) is 0. The summed E-state index contributed by atoms with van der Waals surface area (Å²) in [6.07, 6.45) is 1.12. The van der Waals surface area contributed by atoms with Crippen molar-refractivity contribution in [2.45, 2.75) is 20.2 Å². The lowest BCUT2D eigenvalue weighted by Gasteiger charge is -2.08. The normalized spacial score (nSPS) is 10.4. The molecule has 0 saturated heterocycles. The minimum atomic E-state index is 1.12. The quantitative estimate of drug-likeness (QED) is 0.626. The molecule has 0 nitrogen and oxygen atoms in total. The molecule has 0 unspecified atom stereocenters. The Bertz CT molecular complexity index is 403. The summed E-state index contributed by atoms with van der Waals surface area (Å²) in [5.41, 5.74) is 2.91. The molecule has 0 aliphatic rings. The summed E-state index contributed by atoms with van der Waals surface area (Å²) >= 11 is 0. The van der Waals surface area contributed by atoms with Gasteiger partial charge in [0.2, 0.25) is 0 Å². The Morgan fingerprint density at radius 3 is 2.36 bits per heavy atom. The Morgan fingerprint density at radius 2 is 1.71 bits per heavy atom. The Morgan fingerprint density at radius 1 is 1.00 bits per heavy atom. The molecule has 0 saturated carbocycles. The van der Waals surface area contributed by atoms with Crippen LogP contribution < -0.4 is 5.46 Å². The number of fused-ring (bicyclic) bond motifs is 1. The molecule has 0 radical (unpaired) electrons. The molecule has 0 aromatic heterocycles. The lowest BCUT2D eigenvalue weighted by atomic mass is 9.70. The van der Waals surface area contributed by atoms with Crippen molar-refractivity contribution in [3.8, 4) is 0 Å². The summed E-state index contributed by atoms with van der Waals surface area (Å²) in [6.45, 7) is 4.43. The highest BCUT2D eigenvalue weighted by Gasteiger charge is 2.02. The van der Waals surface area contributed by atoms with Crippen molar-refractivity contribution < 1.29 is 0 Å². The first kappa shape index (κ1) is 9.33. The minimum absolute atomic E-state index is 1.12. The van der Waals surface area contributed by atoms with Crippen molar-refractivity contribution in [3.63, 3.8) is 0 Å². The molecule has 14 heavy (non-hydrogen) atoms. The second kappa shape index (κ2) is 3.87. The van der Waals surface area contributed by atoms with Gasteiger partial charge in [-0.2, -0.15) is 0 Å². The summed E-state index contributed by atoms with van der Waals surface area (Å²) in [6, 6.07) is 13.2. The molecule has 0 aliphatic carbocycles. The van der Waals surface area contributed by atoms with Gasteiger partial charge in [-0.15, -0.1) is 0 Å². The van der Waals surface area contributed by atoms with E-state index in [1.807, 2.05) is 0 Å². The zero-order chi connectivity index (χ0) is 9.97. The molecule has 0 fully saturated rings. The molecule has 2 rings (SSSR count). The molecule has 1 heteroatoms. The van der Waals surface area contributed by atoms with Crippen LogP contribution in [0, 0.1) is 0 Å². The molecular weight excluding hydrogens is 167 g/mol. The molecule has 0 atom stereocenters. The van der Waals surface area contributed by atoms with Crippen molar-refractivity contribution in [3.05, 3.63) is 42.0 Å². The Kier molecular flexibility index (Phi) is 2.58. The van der Waals surface area contributed by atoms with Crippen LogP contribution in [0.3, 0.4) is 0 Å². The predicted octanol–water partition coefficient (Wildman–Crippen LogP) is 2.51. The van der Waals surface area contributed by atoms with E-state index in [1.54, 1.807) is 0 Å². The summed E-state index contributed by atoms with van der Waals surface area (Å²) in [7, 11) is 1.12. The molecule has 0 N–H and O–H groups in total. The first-order chi connectivity index (χ1) is 6.86.